The Morgan fingerprint density at radius 3 is 2.30 bits per heavy atom. The number of hydrogen-bond donors (Lipinski definition) is 1. The number of fused-ring (bicyclic) bond motifs is 5. The van der Waals surface area contributed by atoms with Crippen molar-refractivity contribution in [2.75, 3.05) is 13.1 Å². The molecule has 4 aliphatic carbocycles. The van der Waals surface area contributed by atoms with Crippen molar-refractivity contribution in [2.24, 2.45) is 34.5 Å². The highest BCUT2D eigenvalue weighted by molar-refractivity contribution is 5.12. The molecule has 0 aromatic carbocycles. The molecule has 8 unspecified atom stereocenters. The van der Waals surface area contributed by atoms with Crippen molar-refractivity contribution in [1.29, 1.82) is 0 Å². The van der Waals surface area contributed by atoms with E-state index in [9.17, 15) is 5.11 Å². The molecule has 0 aromatic rings. The lowest BCUT2D eigenvalue weighted by molar-refractivity contribution is -0.122. The summed E-state index contributed by atoms with van der Waals surface area (Å²) in [7, 11) is 0. The van der Waals surface area contributed by atoms with Gasteiger partial charge in [0, 0.05) is 6.04 Å². The third kappa shape index (κ3) is 2.87. The zero-order valence-electron chi connectivity index (χ0n) is 18.0. The van der Waals surface area contributed by atoms with Gasteiger partial charge in [-0.3, -0.25) is 4.90 Å². The summed E-state index contributed by atoms with van der Waals surface area (Å²) in [6.07, 6.45) is 18.2. The van der Waals surface area contributed by atoms with Crippen LogP contribution in [0, 0.1) is 34.5 Å². The number of rotatable bonds is 1. The van der Waals surface area contributed by atoms with Crippen molar-refractivity contribution >= 4 is 0 Å². The predicted octanol–water partition coefficient (Wildman–Crippen LogP) is 5.63. The summed E-state index contributed by atoms with van der Waals surface area (Å²) in [6.45, 7) is 7.62. The van der Waals surface area contributed by atoms with Crippen molar-refractivity contribution in [3.8, 4) is 0 Å². The van der Waals surface area contributed by atoms with Crippen LogP contribution in [0.15, 0.2) is 0 Å². The smallest absolute Gasteiger partial charge is 0.0751 e. The van der Waals surface area contributed by atoms with Crippen molar-refractivity contribution in [3.63, 3.8) is 0 Å². The largest absolute Gasteiger partial charge is 0.391 e. The van der Waals surface area contributed by atoms with Crippen LogP contribution in [0.3, 0.4) is 0 Å². The molecule has 27 heavy (non-hydrogen) atoms. The van der Waals surface area contributed by atoms with E-state index in [1.165, 1.54) is 96.6 Å². The Morgan fingerprint density at radius 1 is 0.741 bits per heavy atom. The zero-order valence-corrected chi connectivity index (χ0v) is 18.0. The maximum Gasteiger partial charge on any atom is 0.0751 e. The molecule has 1 heterocycles. The Labute approximate surface area is 167 Å². The van der Waals surface area contributed by atoms with Gasteiger partial charge in [0.2, 0.25) is 0 Å². The molecule has 0 radical (unpaired) electrons. The molecular formula is C25H43NO. The fourth-order valence-electron chi connectivity index (χ4n) is 9.06. The van der Waals surface area contributed by atoms with E-state index in [1.807, 2.05) is 0 Å². The summed E-state index contributed by atoms with van der Waals surface area (Å²) in [6, 6.07) is 0.453. The Bertz CT molecular complexity index is 540. The second-order valence-electron chi connectivity index (χ2n) is 11.6. The molecule has 2 heteroatoms. The van der Waals surface area contributed by atoms with Crippen molar-refractivity contribution in [3.05, 3.63) is 0 Å². The standard InChI is InChI=1S/C25H43NO/c1-24-13-6-5-9-18(24)10-11-19-20(24)12-14-25(2)21(19)17-22(23(25)27)26-15-7-3-4-8-16-26/h18-23,27H,3-17H2,1-2H3. The Morgan fingerprint density at radius 2 is 1.52 bits per heavy atom. The molecule has 0 spiro atoms. The quantitative estimate of drug-likeness (QED) is 0.643. The molecule has 1 N–H and O–H groups in total. The van der Waals surface area contributed by atoms with E-state index in [2.05, 4.69) is 18.7 Å². The highest BCUT2D eigenvalue weighted by Gasteiger charge is 2.62. The van der Waals surface area contributed by atoms with Gasteiger partial charge in [0.05, 0.1) is 6.10 Å². The second-order valence-corrected chi connectivity index (χ2v) is 11.6. The minimum Gasteiger partial charge on any atom is -0.391 e. The first-order valence-electron chi connectivity index (χ1n) is 12.5. The van der Waals surface area contributed by atoms with E-state index in [0.717, 1.165) is 23.7 Å². The molecule has 4 saturated carbocycles. The molecule has 1 saturated heterocycles. The van der Waals surface area contributed by atoms with Gasteiger partial charge in [-0.15, -0.1) is 0 Å². The van der Waals surface area contributed by atoms with Crippen LogP contribution in [0.4, 0.5) is 0 Å². The third-order valence-corrected chi connectivity index (χ3v) is 10.7. The van der Waals surface area contributed by atoms with Crippen LogP contribution < -0.4 is 0 Å². The Kier molecular flexibility index (Phi) is 4.91. The molecule has 0 bridgehead atoms. The summed E-state index contributed by atoms with van der Waals surface area (Å²) in [5.74, 6) is 3.63. The third-order valence-electron chi connectivity index (χ3n) is 10.7. The summed E-state index contributed by atoms with van der Waals surface area (Å²) < 4.78 is 0. The van der Waals surface area contributed by atoms with Gasteiger partial charge in [-0.1, -0.05) is 39.5 Å². The van der Waals surface area contributed by atoms with Gasteiger partial charge in [-0.05, 0) is 105 Å². The van der Waals surface area contributed by atoms with E-state index in [1.54, 1.807) is 0 Å². The van der Waals surface area contributed by atoms with Gasteiger partial charge in [0.15, 0.2) is 0 Å². The SMILES string of the molecule is CC12CCCCC1CCC1C2CCC2(C)C(O)C(N3CCCCCC3)CC12. The van der Waals surface area contributed by atoms with Crippen molar-refractivity contribution in [1.82, 2.24) is 4.90 Å². The van der Waals surface area contributed by atoms with Crippen LogP contribution in [-0.2, 0) is 0 Å². The predicted molar refractivity (Wildman–Crippen MR) is 112 cm³/mol. The lowest BCUT2D eigenvalue weighted by atomic mass is 9.45. The minimum atomic E-state index is -0.0848. The first-order valence-corrected chi connectivity index (χ1v) is 12.5. The fraction of sp³-hybridized carbons (Fsp3) is 1.00. The van der Waals surface area contributed by atoms with Crippen LogP contribution in [0.2, 0.25) is 0 Å². The maximum atomic E-state index is 11.5. The van der Waals surface area contributed by atoms with Gasteiger partial charge in [0.1, 0.15) is 0 Å². The number of aliphatic hydroxyl groups is 1. The number of hydrogen-bond acceptors (Lipinski definition) is 2. The molecule has 5 aliphatic rings. The van der Waals surface area contributed by atoms with Crippen LogP contribution in [0.25, 0.3) is 0 Å². The van der Waals surface area contributed by atoms with Gasteiger partial charge in [-0.2, -0.15) is 0 Å². The number of aliphatic hydroxyl groups excluding tert-OH is 1. The first-order chi connectivity index (χ1) is 13.0. The summed E-state index contributed by atoms with van der Waals surface area (Å²) >= 11 is 0. The van der Waals surface area contributed by atoms with Crippen molar-refractivity contribution in [2.45, 2.75) is 109 Å². The van der Waals surface area contributed by atoms with Crippen LogP contribution in [-0.4, -0.2) is 35.2 Å². The summed E-state index contributed by atoms with van der Waals surface area (Å²) in [5.41, 5.74) is 0.810. The van der Waals surface area contributed by atoms with Gasteiger partial charge in [0.25, 0.3) is 0 Å². The normalized spacial score (nSPS) is 53.9. The van der Waals surface area contributed by atoms with E-state index in [-0.39, 0.29) is 11.5 Å². The van der Waals surface area contributed by atoms with E-state index in [4.69, 9.17) is 0 Å². The number of nitrogens with zero attached hydrogens (tertiary/aromatic N) is 1. The molecule has 1 aliphatic heterocycles. The summed E-state index contributed by atoms with van der Waals surface area (Å²) in [4.78, 5) is 2.71. The van der Waals surface area contributed by atoms with Gasteiger partial charge >= 0.3 is 0 Å². The lowest BCUT2D eigenvalue weighted by Crippen LogP contribution is -2.53. The van der Waals surface area contributed by atoms with E-state index in [0.29, 0.717) is 11.5 Å². The zero-order chi connectivity index (χ0) is 18.6. The average molecular weight is 374 g/mol. The minimum absolute atomic E-state index is 0.0848. The average Bonchev–Trinajstić information content (AvgIpc) is 2.84. The first kappa shape index (κ1) is 18.9. The van der Waals surface area contributed by atoms with Gasteiger partial charge in [-0.25, -0.2) is 0 Å². The Hall–Kier alpha value is -0.0800. The summed E-state index contributed by atoms with van der Waals surface area (Å²) in [5, 5.41) is 11.5. The molecule has 0 aromatic heterocycles. The highest BCUT2D eigenvalue weighted by atomic mass is 16.3. The maximum absolute atomic E-state index is 11.5. The second kappa shape index (κ2) is 7.01. The molecule has 154 valence electrons. The topological polar surface area (TPSA) is 23.5 Å². The van der Waals surface area contributed by atoms with Crippen LogP contribution in [0.5, 0.6) is 0 Å². The van der Waals surface area contributed by atoms with Gasteiger partial charge < -0.3 is 5.11 Å². The van der Waals surface area contributed by atoms with E-state index >= 15 is 0 Å². The molecule has 0 amide bonds. The fourth-order valence-corrected chi connectivity index (χ4v) is 9.06. The molecule has 8 atom stereocenters. The number of likely N-dealkylation sites (tertiary alicyclic amines) is 1. The molecule has 5 rings (SSSR count). The lowest BCUT2D eigenvalue weighted by Gasteiger charge is -2.60. The molecular weight excluding hydrogens is 330 g/mol. The van der Waals surface area contributed by atoms with E-state index < -0.39 is 0 Å². The molecule has 5 fully saturated rings. The molecule has 2 nitrogen and oxygen atoms in total. The van der Waals surface area contributed by atoms with Crippen molar-refractivity contribution < 1.29 is 5.11 Å². The van der Waals surface area contributed by atoms with Crippen LogP contribution >= 0.6 is 0 Å². The monoisotopic (exact) mass is 373 g/mol. The van der Waals surface area contributed by atoms with Crippen LogP contribution in [0.1, 0.15) is 97.3 Å². The Balaban J connectivity index is 1.39. The highest BCUT2D eigenvalue weighted by Crippen LogP contribution is 2.66.